The van der Waals surface area contributed by atoms with Crippen LogP contribution in [-0.4, -0.2) is 24.3 Å². The first kappa shape index (κ1) is 11.4. The molecule has 1 saturated carbocycles. The van der Waals surface area contributed by atoms with Gasteiger partial charge in [-0.3, -0.25) is 9.59 Å². The number of carbonyl (C=O) groups is 2. The molecular weight excluding hydrogens is 180 g/mol. The second-order valence-electron chi connectivity index (χ2n) is 4.41. The van der Waals surface area contributed by atoms with Crippen molar-refractivity contribution in [1.82, 2.24) is 0 Å². The molecule has 1 aliphatic rings. The summed E-state index contributed by atoms with van der Waals surface area (Å²) in [6.07, 6.45) is 3.07. The lowest BCUT2D eigenvalue weighted by Gasteiger charge is -2.26. The highest BCUT2D eigenvalue weighted by Crippen LogP contribution is 2.28. The van der Waals surface area contributed by atoms with Gasteiger partial charge in [0.25, 0.3) is 0 Å². The van der Waals surface area contributed by atoms with E-state index in [4.69, 9.17) is 4.74 Å². The summed E-state index contributed by atoms with van der Waals surface area (Å²) in [7, 11) is 1.49. The molecule has 0 atom stereocenters. The van der Waals surface area contributed by atoms with Crippen LogP contribution in [0, 0.1) is 5.92 Å². The van der Waals surface area contributed by atoms with Crippen molar-refractivity contribution in [2.24, 2.45) is 5.92 Å². The Morgan fingerprint density at radius 1 is 1.36 bits per heavy atom. The molecule has 80 valence electrons. The van der Waals surface area contributed by atoms with E-state index in [1.165, 1.54) is 7.11 Å². The van der Waals surface area contributed by atoms with Crippen molar-refractivity contribution in [2.75, 3.05) is 7.11 Å². The smallest absolute Gasteiger partial charge is 0.171 e. The molecule has 0 aromatic carbocycles. The molecule has 3 heteroatoms. The van der Waals surface area contributed by atoms with Crippen LogP contribution < -0.4 is 0 Å². The summed E-state index contributed by atoms with van der Waals surface area (Å²) < 4.78 is 5.03. The number of Topliss-reactive ketones (excluding diaryl/α,β-unsaturated/α-hetero) is 2. The summed E-state index contributed by atoms with van der Waals surface area (Å²) in [5.74, 6) is 0.120. The van der Waals surface area contributed by atoms with Crippen LogP contribution >= 0.6 is 0 Å². The zero-order valence-corrected chi connectivity index (χ0v) is 9.13. The van der Waals surface area contributed by atoms with Gasteiger partial charge in [0, 0.05) is 13.0 Å². The SMILES string of the molecule is COC(C)(C)C(=O)CC(=O)C1CCC1. The molecule has 3 nitrogen and oxygen atoms in total. The fourth-order valence-corrected chi connectivity index (χ4v) is 1.36. The van der Waals surface area contributed by atoms with E-state index < -0.39 is 5.60 Å². The number of carbonyl (C=O) groups excluding carboxylic acids is 2. The van der Waals surface area contributed by atoms with E-state index in [2.05, 4.69) is 0 Å². The van der Waals surface area contributed by atoms with E-state index >= 15 is 0 Å². The van der Waals surface area contributed by atoms with Gasteiger partial charge in [-0.15, -0.1) is 0 Å². The summed E-state index contributed by atoms with van der Waals surface area (Å²) in [4.78, 5) is 23.1. The van der Waals surface area contributed by atoms with Crippen molar-refractivity contribution in [1.29, 1.82) is 0 Å². The molecule has 1 aliphatic carbocycles. The fraction of sp³-hybridized carbons (Fsp3) is 0.818. The number of ketones is 2. The third-order valence-electron chi connectivity index (χ3n) is 3.08. The molecule has 0 aromatic rings. The van der Waals surface area contributed by atoms with Gasteiger partial charge in [-0.1, -0.05) is 6.42 Å². The molecule has 0 amide bonds. The Morgan fingerprint density at radius 3 is 2.29 bits per heavy atom. The minimum atomic E-state index is -0.820. The van der Waals surface area contributed by atoms with Crippen molar-refractivity contribution >= 4 is 11.6 Å². The largest absolute Gasteiger partial charge is 0.371 e. The normalized spacial score (nSPS) is 17.6. The Kier molecular flexibility index (Phi) is 3.43. The van der Waals surface area contributed by atoms with Crippen molar-refractivity contribution < 1.29 is 14.3 Å². The number of methoxy groups -OCH3 is 1. The van der Waals surface area contributed by atoms with E-state index in [1.54, 1.807) is 13.8 Å². The molecule has 0 heterocycles. The molecule has 0 aliphatic heterocycles. The molecule has 1 fully saturated rings. The Bertz CT molecular complexity index is 239. The van der Waals surface area contributed by atoms with Crippen LogP contribution in [0.25, 0.3) is 0 Å². The first-order chi connectivity index (χ1) is 6.47. The van der Waals surface area contributed by atoms with Gasteiger partial charge >= 0.3 is 0 Å². The number of hydrogen-bond donors (Lipinski definition) is 0. The highest BCUT2D eigenvalue weighted by atomic mass is 16.5. The van der Waals surface area contributed by atoms with Gasteiger partial charge in [-0.25, -0.2) is 0 Å². The van der Waals surface area contributed by atoms with Crippen LogP contribution in [0.2, 0.25) is 0 Å². The Labute approximate surface area is 84.8 Å². The quantitative estimate of drug-likeness (QED) is 0.632. The standard InChI is InChI=1S/C11H18O3/c1-11(2,14-3)10(13)7-9(12)8-5-4-6-8/h8H,4-7H2,1-3H3. The summed E-state index contributed by atoms with van der Waals surface area (Å²) in [5, 5.41) is 0. The predicted molar refractivity (Wildman–Crippen MR) is 53.1 cm³/mol. The van der Waals surface area contributed by atoms with Crippen molar-refractivity contribution in [2.45, 2.75) is 45.1 Å². The maximum atomic E-state index is 11.6. The average Bonchev–Trinajstić information content (AvgIpc) is 2.00. The molecular formula is C11H18O3. The lowest BCUT2D eigenvalue weighted by Crippen LogP contribution is -2.37. The minimum Gasteiger partial charge on any atom is -0.371 e. The van der Waals surface area contributed by atoms with Crippen molar-refractivity contribution in [3.63, 3.8) is 0 Å². The van der Waals surface area contributed by atoms with Gasteiger partial charge in [0.1, 0.15) is 11.4 Å². The van der Waals surface area contributed by atoms with E-state index in [1.807, 2.05) is 0 Å². The maximum Gasteiger partial charge on any atom is 0.171 e. The third-order valence-corrected chi connectivity index (χ3v) is 3.08. The maximum absolute atomic E-state index is 11.6. The van der Waals surface area contributed by atoms with Crippen LogP contribution in [0.3, 0.4) is 0 Å². The van der Waals surface area contributed by atoms with Crippen LogP contribution in [0.4, 0.5) is 0 Å². The van der Waals surface area contributed by atoms with Crippen molar-refractivity contribution in [3.8, 4) is 0 Å². The van der Waals surface area contributed by atoms with Gasteiger partial charge in [-0.2, -0.15) is 0 Å². The first-order valence-electron chi connectivity index (χ1n) is 5.08. The zero-order chi connectivity index (χ0) is 10.8. The average molecular weight is 198 g/mol. The Morgan fingerprint density at radius 2 is 1.93 bits per heavy atom. The number of hydrogen-bond acceptors (Lipinski definition) is 3. The monoisotopic (exact) mass is 198 g/mol. The second-order valence-corrected chi connectivity index (χ2v) is 4.41. The van der Waals surface area contributed by atoms with Crippen LogP contribution in [0.15, 0.2) is 0 Å². The molecule has 0 unspecified atom stereocenters. The zero-order valence-electron chi connectivity index (χ0n) is 9.13. The van der Waals surface area contributed by atoms with Gasteiger partial charge in [0.2, 0.25) is 0 Å². The molecule has 0 N–H and O–H groups in total. The minimum absolute atomic E-state index is 0.0332. The van der Waals surface area contributed by atoms with Gasteiger partial charge in [0.05, 0.1) is 6.42 Å². The molecule has 14 heavy (non-hydrogen) atoms. The summed E-state index contributed by atoms with van der Waals surface area (Å²) in [5.41, 5.74) is -0.820. The highest BCUT2D eigenvalue weighted by molar-refractivity contribution is 6.03. The second kappa shape index (κ2) is 4.22. The number of rotatable bonds is 5. The van der Waals surface area contributed by atoms with E-state index in [0.29, 0.717) is 0 Å². The topological polar surface area (TPSA) is 43.4 Å². The molecule has 1 rings (SSSR count). The first-order valence-corrected chi connectivity index (χ1v) is 5.08. The lowest BCUT2D eigenvalue weighted by atomic mass is 9.79. The lowest BCUT2D eigenvalue weighted by molar-refractivity contribution is -0.142. The van der Waals surface area contributed by atoms with E-state index in [-0.39, 0.29) is 23.9 Å². The number of ether oxygens (including phenoxy) is 1. The van der Waals surface area contributed by atoms with Gasteiger partial charge in [0.15, 0.2) is 5.78 Å². The Balaban J connectivity index is 2.43. The molecule has 0 radical (unpaired) electrons. The van der Waals surface area contributed by atoms with Gasteiger partial charge < -0.3 is 4.74 Å². The highest BCUT2D eigenvalue weighted by Gasteiger charge is 2.32. The Hall–Kier alpha value is -0.700. The summed E-state index contributed by atoms with van der Waals surface area (Å²) >= 11 is 0. The predicted octanol–water partition coefficient (Wildman–Crippen LogP) is 1.74. The van der Waals surface area contributed by atoms with Crippen molar-refractivity contribution in [3.05, 3.63) is 0 Å². The van der Waals surface area contributed by atoms with Crippen LogP contribution in [0.1, 0.15) is 39.5 Å². The van der Waals surface area contributed by atoms with E-state index in [0.717, 1.165) is 19.3 Å². The van der Waals surface area contributed by atoms with Gasteiger partial charge in [-0.05, 0) is 26.7 Å². The van der Waals surface area contributed by atoms with Crippen LogP contribution in [0.5, 0.6) is 0 Å². The molecule has 0 bridgehead atoms. The summed E-state index contributed by atoms with van der Waals surface area (Å²) in [6.45, 7) is 3.40. The summed E-state index contributed by atoms with van der Waals surface area (Å²) in [6, 6.07) is 0. The molecule has 0 saturated heterocycles. The van der Waals surface area contributed by atoms with Crippen LogP contribution in [-0.2, 0) is 14.3 Å². The van der Waals surface area contributed by atoms with E-state index in [9.17, 15) is 9.59 Å². The molecule has 0 aromatic heterocycles. The fourth-order valence-electron chi connectivity index (χ4n) is 1.36. The molecule has 0 spiro atoms. The third kappa shape index (κ3) is 2.41.